The Bertz CT molecular complexity index is 636. The number of hydrogen-bond donors (Lipinski definition) is 2. The van der Waals surface area contributed by atoms with Crippen LogP contribution in [0.1, 0.15) is 12.8 Å². The SMILES string of the molecule is NCCNC(=O)C1CCCN(S(=O)(=O)c2cccc(Br)c2)C1. The van der Waals surface area contributed by atoms with Gasteiger partial charge < -0.3 is 11.1 Å². The molecule has 22 heavy (non-hydrogen) atoms. The van der Waals surface area contributed by atoms with E-state index in [1.165, 1.54) is 4.31 Å². The number of benzene rings is 1. The summed E-state index contributed by atoms with van der Waals surface area (Å²) >= 11 is 3.28. The van der Waals surface area contributed by atoms with Gasteiger partial charge in [0.05, 0.1) is 10.8 Å². The van der Waals surface area contributed by atoms with Gasteiger partial charge in [-0.1, -0.05) is 22.0 Å². The summed E-state index contributed by atoms with van der Waals surface area (Å²) in [7, 11) is -3.57. The van der Waals surface area contributed by atoms with Crippen LogP contribution in [0.4, 0.5) is 0 Å². The number of sulfonamides is 1. The van der Waals surface area contributed by atoms with Crippen molar-refractivity contribution in [2.45, 2.75) is 17.7 Å². The molecular formula is C14H20BrN3O3S. The van der Waals surface area contributed by atoms with Crippen molar-refractivity contribution in [2.75, 3.05) is 26.2 Å². The molecule has 1 saturated heterocycles. The van der Waals surface area contributed by atoms with Crippen LogP contribution in [-0.4, -0.2) is 44.8 Å². The predicted molar refractivity (Wildman–Crippen MR) is 87.7 cm³/mol. The van der Waals surface area contributed by atoms with Crippen molar-refractivity contribution in [2.24, 2.45) is 11.7 Å². The van der Waals surface area contributed by atoms with Crippen LogP contribution in [0.5, 0.6) is 0 Å². The molecule has 0 aliphatic carbocycles. The number of amides is 1. The van der Waals surface area contributed by atoms with E-state index in [2.05, 4.69) is 21.2 Å². The summed E-state index contributed by atoms with van der Waals surface area (Å²) in [5, 5.41) is 2.73. The molecule has 1 aliphatic heterocycles. The summed E-state index contributed by atoms with van der Waals surface area (Å²) in [6.45, 7) is 1.44. The topological polar surface area (TPSA) is 92.5 Å². The van der Waals surface area contributed by atoms with E-state index in [-0.39, 0.29) is 23.3 Å². The van der Waals surface area contributed by atoms with E-state index < -0.39 is 10.0 Å². The van der Waals surface area contributed by atoms with E-state index in [1.54, 1.807) is 24.3 Å². The van der Waals surface area contributed by atoms with E-state index in [9.17, 15) is 13.2 Å². The average Bonchev–Trinajstić information content (AvgIpc) is 2.52. The molecule has 0 aromatic heterocycles. The van der Waals surface area contributed by atoms with Crippen molar-refractivity contribution in [1.29, 1.82) is 0 Å². The quantitative estimate of drug-likeness (QED) is 0.782. The van der Waals surface area contributed by atoms with Crippen LogP contribution in [0.2, 0.25) is 0 Å². The molecule has 0 bridgehead atoms. The summed E-state index contributed by atoms with van der Waals surface area (Å²) in [6, 6.07) is 6.61. The van der Waals surface area contributed by atoms with Gasteiger partial charge in [0.15, 0.2) is 0 Å². The molecule has 1 fully saturated rings. The van der Waals surface area contributed by atoms with Crippen molar-refractivity contribution >= 4 is 31.9 Å². The maximum absolute atomic E-state index is 12.7. The Balaban J connectivity index is 2.13. The molecule has 3 N–H and O–H groups in total. The molecule has 0 radical (unpaired) electrons. The van der Waals surface area contributed by atoms with E-state index in [4.69, 9.17) is 5.73 Å². The summed E-state index contributed by atoms with van der Waals surface area (Å²) in [4.78, 5) is 12.3. The second kappa shape index (κ2) is 7.54. The van der Waals surface area contributed by atoms with Crippen LogP contribution in [0, 0.1) is 5.92 Å². The lowest BCUT2D eigenvalue weighted by molar-refractivity contribution is -0.126. The van der Waals surface area contributed by atoms with Gasteiger partial charge in [-0.3, -0.25) is 4.79 Å². The fraction of sp³-hybridized carbons (Fsp3) is 0.500. The highest BCUT2D eigenvalue weighted by molar-refractivity contribution is 9.10. The molecular weight excluding hydrogens is 370 g/mol. The number of carbonyl (C=O) groups excluding carboxylic acids is 1. The maximum atomic E-state index is 12.7. The fourth-order valence-corrected chi connectivity index (χ4v) is 4.61. The fourth-order valence-electron chi connectivity index (χ4n) is 2.49. The van der Waals surface area contributed by atoms with Crippen molar-refractivity contribution < 1.29 is 13.2 Å². The lowest BCUT2D eigenvalue weighted by Crippen LogP contribution is -2.46. The molecule has 8 heteroatoms. The summed E-state index contributed by atoms with van der Waals surface area (Å²) in [5.41, 5.74) is 5.37. The van der Waals surface area contributed by atoms with Gasteiger partial charge in [-0.25, -0.2) is 8.42 Å². The minimum absolute atomic E-state index is 0.125. The molecule has 122 valence electrons. The van der Waals surface area contributed by atoms with Crippen LogP contribution in [-0.2, 0) is 14.8 Å². The Morgan fingerprint density at radius 2 is 2.23 bits per heavy atom. The van der Waals surface area contributed by atoms with Gasteiger partial charge in [0.1, 0.15) is 0 Å². The van der Waals surface area contributed by atoms with Gasteiger partial charge in [0.25, 0.3) is 0 Å². The second-order valence-corrected chi connectivity index (χ2v) is 8.09. The van der Waals surface area contributed by atoms with Gasteiger partial charge in [-0.15, -0.1) is 0 Å². The third-order valence-electron chi connectivity index (χ3n) is 3.63. The summed E-state index contributed by atoms with van der Waals surface area (Å²) < 4.78 is 27.5. The molecule has 1 amide bonds. The molecule has 0 saturated carbocycles. The lowest BCUT2D eigenvalue weighted by Gasteiger charge is -2.31. The largest absolute Gasteiger partial charge is 0.355 e. The van der Waals surface area contributed by atoms with E-state index in [0.717, 1.165) is 0 Å². The second-order valence-electron chi connectivity index (χ2n) is 5.24. The number of halogens is 1. The van der Waals surface area contributed by atoms with Crippen molar-refractivity contribution in [1.82, 2.24) is 9.62 Å². The highest BCUT2D eigenvalue weighted by Gasteiger charge is 2.33. The number of nitrogens with zero attached hydrogens (tertiary/aromatic N) is 1. The van der Waals surface area contributed by atoms with E-state index in [1.807, 2.05) is 0 Å². The smallest absolute Gasteiger partial charge is 0.243 e. The molecule has 2 rings (SSSR count). The predicted octanol–water partition coefficient (Wildman–Crippen LogP) is 0.925. The van der Waals surface area contributed by atoms with Crippen LogP contribution < -0.4 is 11.1 Å². The molecule has 1 aromatic rings. The van der Waals surface area contributed by atoms with Gasteiger partial charge in [-0.2, -0.15) is 4.31 Å². The third kappa shape index (κ3) is 4.07. The Kier molecular flexibility index (Phi) is 5.96. The molecule has 0 spiro atoms. The Morgan fingerprint density at radius 1 is 1.45 bits per heavy atom. The van der Waals surface area contributed by atoms with Crippen molar-refractivity contribution in [3.8, 4) is 0 Å². The van der Waals surface area contributed by atoms with Gasteiger partial charge >= 0.3 is 0 Å². The van der Waals surface area contributed by atoms with E-state index >= 15 is 0 Å². The maximum Gasteiger partial charge on any atom is 0.243 e. The first-order chi connectivity index (χ1) is 10.4. The van der Waals surface area contributed by atoms with Crippen LogP contribution in [0.3, 0.4) is 0 Å². The zero-order valence-electron chi connectivity index (χ0n) is 12.2. The Hall–Kier alpha value is -0.960. The normalized spacial score (nSPS) is 19.8. The molecule has 1 unspecified atom stereocenters. The minimum atomic E-state index is -3.57. The highest BCUT2D eigenvalue weighted by atomic mass is 79.9. The number of hydrogen-bond acceptors (Lipinski definition) is 4. The Morgan fingerprint density at radius 3 is 2.91 bits per heavy atom. The zero-order valence-corrected chi connectivity index (χ0v) is 14.6. The van der Waals surface area contributed by atoms with Crippen molar-refractivity contribution in [3.05, 3.63) is 28.7 Å². The number of piperidine rings is 1. The highest BCUT2D eigenvalue weighted by Crippen LogP contribution is 2.25. The third-order valence-corrected chi connectivity index (χ3v) is 5.99. The van der Waals surface area contributed by atoms with E-state index in [0.29, 0.717) is 36.9 Å². The first kappa shape index (κ1) is 17.4. The monoisotopic (exact) mass is 389 g/mol. The summed E-state index contributed by atoms with van der Waals surface area (Å²) in [5.74, 6) is -0.443. The molecule has 1 aliphatic rings. The molecule has 1 atom stereocenters. The molecule has 1 aromatic carbocycles. The Labute approximate surface area is 139 Å². The molecule has 1 heterocycles. The first-order valence-corrected chi connectivity index (χ1v) is 9.42. The van der Waals surface area contributed by atoms with Crippen LogP contribution in [0.25, 0.3) is 0 Å². The number of nitrogens with one attached hydrogen (secondary N) is 1. The summed E-state index contributed by atoms with van der Waals surface area (Å²) in [6.07, 6.45) is 1.37. The van der Waals surface area contributed by atoms with Gasteiger partial charge in [0, 0.05) is 30.7 Å². The number of carbonyl (C=O) groups is 1. The average molecular weight is 390 g/mol. The number of rotatable bonds is 5. The van der Waals surface area contributed by atoms with Gasteiger partial charge in [0.2, 0.25) is 15.9 Å². The van der Waals surface area contributed by atoms with Crippen LogP contribution in [0.15, 0.2) is 33.6 Å². The van der Waals surface area contributed by atoms with Crippen molar-refractivity contribution in [3.63, 3.8) is 0 Å². The standard InChI is InChI=1S/C14H20BrN3O3S/c15-12-4-1-5-13(9-12)22(20,21)18-8-2-3-11(10-18)14(19)17-7-6-16/h1,4-5,9,11H,2-3,6-8,10,16H2,(H,17,19). The molecule has 6 nitrogen and oxygen atoms in total. The first-order valence-electron chi connectivity index (χ1n) is 7.18. The van der Waals surface area contributed by atoms with Crippen LogP contribution >= 0.6 is 15.9 Å². The lowest BCUT2D eigenvalue weighted by atomic mass is 9.99. The minimum Gasteiger partial charge on any atom is -0.355 e. The number of nitrogens with two attached hydrogens (primary N) is 1. The zero-order chi connectivity index (χ0) is 16.2. The van der Waals surface area contributed by atoms with Gasteiger partial charge in [-0.05, 0) is 31.0 Å².